The van der Waals surface area contributed by atoms with E-state index in [9.17, 15) is 9.59 Å². The maximum atomic E-state index is 11.8. The van der Waals surface area contributed by atoms with Crippen molar-refractivity contribution in [1.82, 2.24) is 5.32 Å². The van der Waals surface area contributed by atoms with Crippen molar-refractivity contribution in [3.05, 3.63) is 40.4 Å². The van der Waals surface area contributed by atoms with Crippen LogP contribution < -0.4 is 5.32 Å². The Balaban J connectivity index is 2.59. The summed E-state index contributed by atoms with van der Waals surface area (Å²) in [5.41, 5.74) is 0.360. The number of carbonyl (C=O) groups is 2. The molecule has 0 saturated carbocycles. The van der Waals surface area contributed by atoms with Crippen molar-refractivity contribution in [3.63, 3.8) is 0 Å². The van der Waals surface area contributed by atoms with E-state index in [1.807, 2.05) is 24.3 Å². The molecule has 4 nitrogen and oxygen atoms in total. The maximum absolute atomic E-state index is 11.8. The number of hydrogen-bond donors (Lipinski definition) is 2. The number of carboxylic acid groups (broad SMARTS) is 1. The highest BCUT2D eigenvalue weighted by atomic mass is 79.9. The number of halogens is 1. The highest BCUT2D eigenvalue weighted by Gasteiger charge is 2.20. The van der Waals surface area contributed by atoms with Gasteiger partial charge in [-0.2, -0.15) is 0 Å². The molecule has 1 amide bonds. The standard InChI is InChI=1S/C15H18BrNO3/c1-15(2,10-9-14(19)20)17-13(18)8-7-11-5-3-4-6-12(11)16/h3-8H,9-10H2,1-2H3,(H,17,18)(H,19,20). The average Bonchev–Trinajstić information content (AvgIpc) is 2.35. The Kier molecular flexibility index (Phi) is 5.95. The van der Waals surface area contributed by atoms with Crippen molar-refractivity contribution >= 4 is 33.9 Å². The topological polar surface area (TPSA) is 66.4 Å². The van der Waals surface area contributed by atoms with Gasteiger partial charge in [-0.1, -0.05) is 34.1 Å². The summed E-state index contributed by atoms with van der Waals surface area (Å²) >= 11 is 3.40. The Morgan fingerprint density at radius 2 is 2.00 bits per heavy atom. The van der Waals surface area contributed by atoms with E-state index in [-0.39, 0.29) is 12.3 Å². The van der Waals surface area contributed by atoms with E-state index in [0.717, 1.165) is 10.0 Å². The number of amides is 1. The van der Waals surface area contributed by atoms with E-state index in [0.29, 0.717) is 6.42 Å². The molecule has 1 rings (SSSR count). The summed E-state index contributed by atoms with van der Waals surface area (Å²) in [6.45, 7) is 3.61. The number of benzene rings is 1. The van der Waals surface area contributed by atoms with E-state index in [4.69, 9.17) is 5.11 Å². The van der Waals surface area contributed by atoms with Gasteiger partial charge in [0.25, 0.3) is 0 Å². The molecule has 0 aromatic heterocycles. The largest absolute Gasteiger partial charge is 0.481 e. The molecule has 2 N–H and O–H groups in total. The van der Waals surface area contributed by atoms with Gasteiger partial charge in [0.15, 0.2) is 0 Å². The predicted octanol–water partition coefficient (Wildman–Crippen LogP) is 3.22. The van der Waals surface area contributed by atoms with Gasteiger partial charge in [0.2, 0.25) is 5.91 Å². The first-order valence-corrected chi connectivity index (χ1v) is 7.06. The molecule has 0 heterocycles. The normalized spacial score (nSPS) is 11.6. The van der Waals surface area contributed by atoms with Crippen LogP contribution in [0.5, 0.6) is 0 Å². The lowest BCUT2D eigenvalue weighted by atomic mass is 9.98. The monoisotopic (exact) mass is 339 g/mol. The number of aliphatic carboxylic acids is 1. The smallest absolute Gasteiger partial charge is 0.303 e. The van der Waals surface area contributed by atoms with Crippen LogP contribution in [0.4, 0.5) is 0 Å². The molecule has 20 heavy (non-hydrogen) atoms. The SMILES string of the molecule is CC(C)(CCC(=O)O)NC(=O)C=Cc1ccccc1Br. The van der Waals surface area contributed by atoms with Gasteiger partial charge in [-0.05, 0) is 38.0 Å². The summed E-state index contributed by atoms with van der Waals surface area (Å²) < 4.78 is 0.911. The Hall–Kier alpha value is -1.62. The summed E-state index contributed by atoms with van der Waals surface area (Å²) in [7, 11) is 0. The van der Waals surface area contributed by atoms with Crippen LogP contribution in [-0.4, -0.2) is 22.5 Å². The molecule has 108 valence electrons. The van der Waals surface area contributed by atoms with Crippen LogP contribution >= 0.6 is 15.9 Å². The first kappa shape index (κ1) is 16.4. The second-order valence-corrected chi connectivity index (χ2v) is 5.98. The second kappa shape index (κ2) is 7.24. The molecule has 1 aromatic rings. The summed E-state index contributed by atoms with van der Waals surface area (Å²) in [4.78, 5) is 22.4. The van der Waals surface area contributed by atoms with E-state index in [1.165, 1.54) is 6.08 Å². The van der Waals surface area contributed by atoms with Crippen molar-refractivity contribution in [2.24, 2.45) is 0 Å². The van der Waals surface area contributed by atoms with Gasteiger partial charge in [-0.3, -0.25) is 9.59 Å². The minimum absolute atomic E-state index is 0.0290. The lowest BCUT2D eigenvalue weighted by molar-refractivity contribution is -0.137. The fraction of sp³-hybridized carbons (Fsp3) is 0.333. The Bertz CT molecular complexity index is 524. The quantitative estimate of drug-likeness (QED) is 0.782. The Morgan fingerprint density at radius 3 is 2.60 bits per heavy atom. The number of rotatable bonds is 6. The molecule has 0 spiro atoms. The van der Waals surface area contributed by atoms with Crippen LogP contribution in [0.2, 0.25) is 0 Å². The number of hydrogen-bond acceptors (Lipinski definition) is 2. The highest BCUT2D eigenvalue weighted by Crippen LogP contribution is 2.17. The fourth-order valence-electron chi connectivity index (χ4n) is 1.63. The zero-order chi connectivity index (χ0) is 15.2. The second-order valence-electron chi connectivity index (χ2n) is 5.12. The number of carbonyl (C=O) groups excluding carboxylic acids is 1. The first-order chi connectivity index (χ1) is 9.30. The lowest BCUT2D eigenvalue weighted by Crippen LogP contribution is -2.42. The van der Waals surface area contributed by atoms with Crippen molar-refractivity contribution in [1.29, 1.82) is 0 Å². The molecular weight excluding hydrogens is 322 g/mol. The van der Waals surface area contributed by atoms with Gasteiger partial charge >= 0.3 is 5.97 Å². The third-order valence-electron chi connectivity index (χ3n) is 2.74. The average molecular weight is 340 g/mol. The van der Waals surface area contributed by atoms with E-state index < -0.39 is 11.5 Å². The van der Waals surface area contributed by atoms with Crippen molar-refractivity contribution in [2.45, 2.75) is 32.2 Å². The molecule has 0 radical (unpaired) electrons. The molecular formula is C15H18BrNO3. The first-order valence-electron chi connectivity index (χ1n) is 6.27. The van der Waals surface area contributed by atoms with Crippen LogP contribution in [0.25, 0.3) is 6.08 Å². The van der Waals surface area contributed by atoms with Crippen molar-refractivity contribution in [2.75, 3.05) is 0 Å². The van der Waals surface area contributed by atoms with Crippen molar-refractivity contribution < 1.29 is 14.7 Å². The summed E-state index contributed by atoms with van der Waals surface area (Å²) in [6, 6.07) is 7.58. The lowest BCUT2D eigenvalue weighted by Gasteiger charge is -2.24. The van der Waals surface area contributed by atoms with Crippen LogP contribution in [0.3, 0.4) is 0 Å². The predicted molar refractivity (Wildman–Crippen MR) is 82.3 cm³/mol. The van der Waals surface area contributed by atoms with Gasteiger partial charge in [0.1, 0.15) is 0 Å². The zero-order valence-corrected chi connectivity index (χ0v) is 13.1. The number of nitrogens with one attached hydrogen (secondary N) is 1. The van der Waals surface area contributed by atoms with E-state index in [2.05, 4.69) is 21.2 Å². The third kappa shape index (κ3) is 6.02. The fourth-order valence-corrected chi connectivity index (χ4v) is 2.05. The van der Waals surface area contributed by atoms with Crippen LogP contribution in [-0.2, 0) is 9.59 Å². The number of carboxylic acids is 1. The maximum Gasteiger partial charge on any atom is 0.303 e. The minimum Gasteiger partial charge on any atom is -0.481 e. The molecule has 0 atom stereocenters. The zero-order valence-electron chi connectivity index (χ0n) is 11.5. The Labute approximate surface area is 127 Å². The molecule has 0 aliphatic carbocycles. The van der Waals surface area contributed by atoms with Gasteiger partial charge in [-0.25, -0.2) is 0 Å². The highest BCUT2D eigenvalue weighted by molar-refractivity contribution is 9.10. The molecule has 0 aliphatic heterocycles. The molecule has 0 saturated heterocycles. The third-order valence-corrected chi connectivity index (χ3v) is 3.47. The molecule has 1 aromatic carbocycles. The molecule has 0 aliphatic rings. The van der Waals surface area contributed by atoms with Crippen LogP contribution in [0.15, 0.2) is 34.8 Å². The van der Waals surface area contributed by atoms with Gasteiger partial charge in [0.05, 0.1) is 0 Å². The van der Waals surface area contributed by atoms with Gasteiger partial charge in [0, 0.05) is 22.5 Å². The molecule has 0 unspecified atom stereocenters. The summed E-state index contributed by atoms with van der Waals surface area (Å²) in [5.74, 6) is -1.10. The molecule has 0 bridgehead atoms. The molecule has 5 heteroatoms. The van der Waals surface area contributed by atoms with E-state index in [1.54, 1.807) is 19.9 Å². The summed E-state index contributed by atoms with van der Waals surface area (Å²) in [6.07, 6.45) is 3.58. The van der Waals surface area contributed by atoms with Gasteiger partial charge in [-0.15, -0.1) is 0 Å². The Morgan fingerprint density at radius 1 is 1.35 bits per heavy atom. The van der Waals surface area contributed by atoms with Crippen LogP contribution in [0, 0.1) is 0 Å². The van der Waals surface area contributed by atoms with E-state index >= 15 is 0 Å². The molecule has 0 fully saturated rings. The summed E-state index contributed by atoms with van der Waals surface area (Å²) in [5, 5.41) is 11.5. The van der Waals surface area contributed by atoms with Crippen LogP contribution in [0.1, 0.15) is 32.3 Å². The minimum atomic E-state index is -0.865. The van der Waals surface area contributed by atoms with Crippen molar-refractivity contribution in [3.8, 4) is 0 Å². The van der Waals surface area contributed by atoms with Gasteiger partial charge < -0.3 is 10.4 Å².